The molecule has 2 rings (SSSR count). The molecule has 0 amide bonds. The number of nitrogens with one attached hydrogen (secondary N) is 1. The van der Waals surface area contributed by atoms with Crippen LogP contribution < -0.4 is 20.5 Å². The van der Waals surface area contributed by atoms with Crippen LogP contribution in [-0.4, -0.2) is 26.8 Å². The molecule has 0 aromatic heterocycles. The molecule has 0 bridgehead atoms. The summed E-state index contributed by atoms with van der Waals surface area (Å²) in [4.78, 5) is 0. The molecule has 0 aliphatic rings. The third-order valence-corrected chi connectivity index (χ3v) is 3.32. The fraction of sp³-hybridized carbons (Fsp3) is 0.333. The summed E-state index contributed by atoms with van der Waals surface area (Å²) in [5, 5.41) is 3.14. The van der Waals surface area contributed by atoms with Gasteiger partial charge in [0.25, 0.3) is 0 Å². The minimum atomic E-state index is 0.470. The molecule has 0 spiro atoms. The first-order chi connectivity index (χ1) is 10.8. The molecule has 4 heteroatoms. The smallest absolute Gasteiger partial charge is 0.142 e. The zero-order valence-corrected chi connectivity index (χ0v) is 13.0. The topological polar surface area (TPSA) is 56.5 Å². The van der Waals surface area contributed by atoms with Crippen LogP contribution in [0.4, 0.5) is 5.69 Å². The molecule has 22 heavy (non-hydrogen) atoms. The van der Waals surface area contributed by atoms with Crippen LogP contribution in [0.15, 0.2) is 48.5 Å². The minimum absolute atomic E-state index is 0.470. The van der Waals surface area contributed by atoms with Gasteiger partial charge in [-0.05, 0) is 56.3 Å². The summed E-state index contributed by atoms with van der Waals surface area (Å²) in [6, 6.07) is 15.7. The van der Waals surface area contributed by atoms with Crippen molar-refractivity contribution in [2.45, 2.75) is 12.8 Å². The van der Waals surface area contributed by atoms with Gasteiger partial charge in [-0.25, -0.2) is 0 Å². The van der Waals surface area contributed by atoms with Crippen molar-refractivity contribution in [2.75, 3.05) is 32.5 Å². The van der Waals surface area contributed by atoms with Gasteiger partial charge in [-0.15, -0.1) is 0 Å². The Bertz CT molecular complexity index is 558. The van der Waals surface area contributed by atoms with Gasteiger partial charge in [0.1, 0.15) is 24.7 Å². The van der Waals surface area contributed by atoms with Gasteiger partial charge in [0.05, 0.1) is 5.69 Å². The number of benzene rings is 2. The lowest BCUT2D eigenvalue weighted by atomic mass is 10.1. The van der Waals surface area contributed by atoms with E-state index in [1.165, 1.54) is 5.56 Å². The Morgan fingerprint density at radius 3 is 2.50 bits per heavy atom. The summed E-state index contributed by atoms with van der Waals surface area (Å²) in [5.41, 5.74) is 7.96. The zero-order valence-electron chi connectivity index (χ0n) is 13.0. The van der Waals surface area contributed by atoms with E-state index in [0.717, 1.165) is 25.1 Å². The van der Waals surface area contributed by atoms with Gasteiger partial charge >= 0.3 is 0 Å². The number of anilines is 1. The molecule has 0 saturated carbocycles. The summed E-state index contributed by atoms with van der Waals surface area (Å²) in [6.07, 6.45) is 2.11. The molecule has 3 N–H and O–H groups in total. The predicted octanol–water partition coefficient (Wildman–Crippen LogP) is 2.88. The molecule has 4 nitrogen and oxygen atoms in total. The summed E-state index contributed by atoms with van der Waals surface area (Å²) in [6.45, 7) is 1.97. The standard InChI is InChI=1S/C18H24N2O2/c1-20-11-5-6-15-9-10-18(17(19)14-15)22-13-12-21-16-7-3-2-4-8-16/h2-4,7-10,14,20H,5-6,11-13,19H2,1H3. The van der Waals surface area contributed by atoms with Gasteiger partial charge in [0, 0.05) is 0 Å². The van der Waals surface area contributed by atoms with Crippen LogP contribution in [0.25, 0.3) is 0 Å². The molecule has 2 aromatic rings. The number of hydrogen-bond acceptors (Lipinski definition) is 4. The lowest BCUT2D eigenvalue weighted by Crippen LogP contribution is -2.10. The van der Waals surface area contributed by atoms with Gasteiger partial charge in [0.15, 0.2) is 0 Å². The molecular weight excluding hydrogens is 276 g/mol. The number of aryl methyl sites for hydroxylation is 1. The fourth-order valence-electron chi connectivity index (χ4n) is 2.18. The number of hydrogen-bond donors (Lipinski definition) is 2. The van der Waals surface area contributed by atoms with Gasteiger partial charge < -0.3 is 20.5 Å². The first-order valence-electron chi connectivity index (χ1n) is 7.63. The van der Waals surface area contributed by atoms with Crippen molar-refractivity contribution in [3.63, 3.8) is 0 Å². The molecular formula is C18H24N2O2. The summed E-state index contributed by atoms with van der Waals surface area (Å²) in [7, 11) is 1.96. The second-order valence-corrected chi connectivity index (χ2v) is 5.09. The number of nitrogens with two attached hydrogens (primary N) is 1. The Kier molecular flexibility index (Phi) is 6.58. The Morgan fingerprint density at radius 2 is 1.77 bits per heavy atom. The molecule has 0 aliphatic carbocycles. The molecule has 118 valence electrons. The Balaban J connectivity index is 1.75. The number of para-hydroxylation sites is 1. The highest BCUT2D eigenvalue weighted by atomic mass is 16.5. The van der Waals surface area contributed by atoms with E-state index in [2.05, 4.69) is 11.4 Å². The van der Waals surface area contributed by atoms with Crippen LogP contribution in [0.1, 0.15) is 12.0 Å². The summed E-state index contributed by atoms with van der Waals surface area (Å²) >= 11 is 0. The molecule has 0 fully saturated rings. The maximum atomic E-state index is 6.04. The third kappa shape index (κ3) is 5.30. The minimum Gasteiger partial charge on any atom is -0.490 e. The lowest BCUT2D eigenvalue weighted by molar-refractivity contribution is 0.218. The Hall–Kier alpha value is -2.20. The third-order valence-electron chi connectivity index (χ3n) is 3.32. The number of rotatable bonds is 9. The summed E-state index contributed by atoms with van der Waals surface area (Å²) in [5.74, 6) is 1.56. The molecule has 0 atom stereocenters. The van der Waals surface area contributed by atoms with E-state index in [-0.39, 0.29) is 0 Å². The van der Waals surface area contributed by atoms with Crippen molar-refractivity contribution in [1.29, 1.82) is 0 Å². The van der Waals surface area contributed by atoms with E-state index < -0.39 is 0 Å². The number of nitrogen functional groups attached to an aromatic ring is 1. The zero-order chi connectivity index (χ0) is 15.6. The van der Waals surface area contributed by atoms with E-state index >= 15 is 0 Å². The van der Waals surface area contributed by atoms with Crippen molar-refractivity contribution in [3.05, 3.63) is 54.1 Å². The van der Waals surface area contributed by atoms with E-state index in [1.54, 1.807) is 0 Å². The SMILES string of the molecule is CNCCCc1ccc(OCCOc2ccccc2)c(N)c1. The average molecular weight is 300 g/mol. The maximum absolute atomic E-state index is 6.04. The van der Waals surface area contributed by atoms with Crippen LogP contribution >= 0.6 is 0 Å². The molecule has 0 unspecified atom stereocenters. The van der Waals surface area contributed by atoms with Gasteiger partial charge in [-0.3, -0.25) is 0 Å². The summed E-state index contributed by atoms with van der Waals surface area (Å²) < 4.78 is 11.3. The van der Waals surface area contributed by atoms with Crippen molar-refractivity contribution >= 4 is 5.69 Å². The largest absolute Gasteiger partial charge is 0.490 e. The van der Waals surface area contributed by atoms with Gasteiger partial charge in [-0.2, -0.15) is 0 Å². The van der Waals surface area contributed by atoms with Crippen molar-refractivity contribution in [3.8, 4) is 11.5 Å². The first-order valence-corrected chi connectivity index (χ1v) is 7.63. The van der Waals surface area contributed by atoms with Crippen LogP contribution in [0.3, 0.4) is 0 Å². The van der Waals surface area contributed by atoms with Crippen molar-refractivity contribution in [1.82, 2.24) is 5.32 Å². The fourth-order valence-corrected chi connectivity index (χ4v) is 2.18. The Labute approximate surface area is 132 Å². The van der Waals surface area contributed by atoms with Crippen LogP contribution in [0.2, 0.25) is 0 Å². The molecule has 0 heterocycles. The van der Waals surface area contributed by atoms with Gasteiger partial charge in [-0.1, -0.05) is 24.3 Å². The highest BCUT2D eigenvalue weighted by Crippen LogP contribution is 2.23. The normalized spacial score (nSPS) is 10.4. The maximum Gasteiger partial charge on any atom is 0.142 e. The second-order valence-electron chi connectivity index (χ2n) is 5.09. The highest BCUT2D eigenvalue weighted by molar-refractivity contribution is 5.54. The first kappa shape index (κ1) is 16.2. The van der Waals surface area contributed by atoms with Crippen molar-refractivity contribution in [2.24, 2.45) is 0 Å². The molecule has 0 saturated heterocycles. The molecule has 0 radical (unpaired) electrons. The lowest BCUT2D eigenvalue weighted by Gasteiger charge is -2.11. The average Bonchev–Trinajstić information content (AvgIpc) is 2.54. The van der Waals surface area contributed by atoms with Crippen LogP contribution in [-0.2, 0) is 6.42 Å². The van der Waals surface area contributed by atoms with E-state index in [1.807, 2.05) is 49.5 Å². The Morgan fingerprint density at radius 1 is 1.00 bits per heavy atom. The quantitative estimate of drug-likeness (QED) is 0.552. The van der Waals surface area contributed by atoms with Gasteiger partial charge in [0.2, 0.25) is 0 Å². The monoisotopic (exact) mass is 300 g/mol. The highest BCUT2D eigenvalue weighted by Gasteiger charge is 2.02. The van der Waals surface area contributed by atoms with Crippen molar-refractivity contribution < 1.29 is 9.47 Å². The predicted molar refractivity (Wildman–Crippen MR) is 90.5 cm³/mol. The van der Waals surface area contributed by atoms with E-state index in [4.69, 9.17) is 15.2 Å². The van der Waals surface area contributed by atoms with Crippen LogP contribution in [0.5, 0.6) is 11.5 Å². The number of ether oxygens (including phenoxy) is 2. The van der Waals surface area contributed by atoms with Crippen LogP contribution in [0, 0.1) is 0 Å². The van der Waals surface area contributed by atoms with E-state index in [9.17, 15) is 0 Å². The van der Waals surface area contributed by atoms with E-state index in [0.29, 0.717) is 24.7 Å². The molecule has 0 aliphatic heterocycles. The molecule has 2 aromatic carbocycles. The second kappa shape index (κ2) is 8.95.